The molecule has 0 bridgehead atoms. The van der Waals surface area contributed by atoms with Gasteiger partial charge in [-0.15, -0.1) is 33.4 Å². The van der Waals surface area contributed by atoms with Crippen molar-refractivity contribution in [2.45, 2.75) is 16.0 Å². The second-order valence-corrected chi connectivity index (χ2v) is 7.43. The van der Waals surface area contributed by atoms with E-state index in [-0.39, 0.29) is 12.7 Å². The monoisotopic (exact) mass is 344 g/mol. The Morgan fingerprint density at radius 2 is 2.05 bits per heavy atom. The van der Waals surface area contributed by atoms with Gasteiger partial charge in [0.15, 0.2) is 11.5 Å². The molecular weight excluding hydrogens is 335 g/mol. The minimum atomic E-state index is -0.576. The van der Waals surface area contributed by atoms with Crippen LogP contribution < -0.4 is 9.47 Å². The Bertz CT molecular complexity index is 692. The predicted octanol–water partition coefficient (Wildman–Crippen LogP) is 3.75. The summed E-state index contributed by atoms with van der Waals surface area (Å²) >= 11 is 13.4. The molecule has 1 atom stereocenters. The van der Waals surface area contributed by atoms with E-state index in [4.69, 9.17) is 37.1 Å². The largest absolute Gasteiger partial charge is 0.454 e. The Hall–Kier alpha value is -1.11. The van der Waals surface area contributed by atoms with Crippen molar-refractivity contribution in [3.63, 3.8) is 0 Å². The van der Waals surface area contributed by atoms with Crippen molar-refractivity contribution in [1.29, 1.82) is 0 Å². The number of alkyl halides is 2. The van der Waals surface area contributed by atoms with E-state index in [9.17, 15) is 0 Å². The molecule has 5 nitrogen and oxygen atoms in total. The van der Waals surface area contributed by atoms with Crippen molar-refractivity contribution in [2.24, 2.45) is 5.92 Å². The molecule has 0 spiro atoms. The molecule has 0 N–H and O–H groups in total. The first-order valence-corrected chi connectivity index (χ1v) is 8.10. The second kappa shape index (κ2) is 4.97. The predicted molar refractivity (Wildman–Crippen MR) is 79.1 cm³/mol. The van der Waals surface area contributed by atoms with Crippen LogP contribution in [0.3, 0.4) is 0 Å². The van der Waals surface area contributed by atoms with Gasteiger partial charge < -0.3 is 13.9 Å². The lowest BCUT2D eigenvalue weighted by Gasteiger charge is -1.98. The maximum absolute atomic E-state index is 5.99. The Labute approximate surface area is 134 Å². The Morgan fingerprint density at radius 3 is 2.86 bits per heavy atom. The molecule has 2 aliphatic rings. The summed E-state index contributed by atoms with van der Waals surface area (Å²) in [7, 11) is 0. The lowest BCUT2D eigenvalue weighted by molar-refractivity contribution is 0.174. The number of thioether (sulfide) groups is 1. The molecule has 0 unspecified atom stereocenters. The van der Waals surface area contributed by atoms with Crippen LogP contribution in [-0.2, 0) is 0 Å². The van der Waals surface area contributed by atoms with Gasteiger partial charge in [0.1, 0.15) is 4.33 Å². The lowest BCUT2D eigenvalue weighted by Crippen LogP contribution is -1.92. The number of nitrogens with zero attached hydrogens (tertiary/aromatic N) is 2. The number of fused-ring (bicyclic) bond motifs is 1. The average Bonchev–Trinajstić information content (AvgIpc) is 2.93. The highest BCUT2D eigenvalue weighted by Gasteiger charge is 2.51. The molecule has 0 saturated heterocycles. The Kier molecular flexibility index (Phi) is 3.20. The summed E-state index contributed by atoms with van der Waals surface area (Å²) in [6.07, 6.45) is 0.812. The SMILES string of the molecule is ClC1(Cl)C[C@H]1CSc1nnc(-c2ccc3c(c2)OCO3)o1. The molecule has 1 aromatic heterocycles. The summed E-state index contributed by atoms with van der Waals surface area (Å²) in [5.41, 5.74) is 0.800. The van der Waals surface area contributed by atoms with E-state index in [1.165, 1.54) is 11.8 Å². The van der Waals surface area contributed by atoms with Crippen LogP contribution in [-0.4, -0.2) is 27.1 Å². The number of aromatic nitrogens is 2. The number of rotatable bonds is 4. The zero-order chi connectivity index (χ0) is 14.4. The minimum Gasteiger partial charge on any atom is -0.454 e. The standard InChI is InChI=1S/C13H10Cl2N2O3S/c14-13(15)4-8(13)5-21-12-17-16-11(20-12)7-1-2-9-10(3-7)19-6-18-9/h1-3,8H,4-6H2/t8-/m0/s1. The molecule has 8 heteroatoms. The zero-order valence-electron chi connectivity index (χ0n) is 10.7. The summed E-state index contributed by atoms with van der Waals surface area (Å²) in [4.78, 5) is 0. The third kappa shape index (κ3) is 2.67. The number of hydrogen-bond acceptors (Lipinski definition) is 6. The first kappa shape index (κ1) is 13.5. The number of benzene rings is 1. The molecule has 110 valence electrons. The van der Waals surface area contributed by atoms with Crippen molar-refractivity contribution in [3.8, 4) is 23.0 Å². The maximum Gasteiger partial charge on any atom is 0.276 e. The van der Waals surface area contributed by atoms with Crippen molar-refractivity contribution in [2.75, 3.05) is 12.5 Å². The van der Waals surface area contributed by atoms with Crippen LogP contribution in [0.4, 0.5) is 0 Å². The molecule has 1 aliphatic heterocycles. The fourth-order valence-electron chi connectivity index (χ4n) is 2.04. The van der Waals surface area contributed by atoms with Gasteiger partial charge in [-0.1, -0.05) is 11.8 Å². The fourth-order valence-corrected chi connectivity index (χ4v) is 3.73. The summed E-state index contributed by atoms with van der Waals surface area (Å²) in [5.74, 6) is 2.92. The van der Waals surface area contributed by atoms with Crippen molar-refractivity contribution in [3.05, 3.63) is 18.2 Å². The molecule has 1 fully saturated rings. The van der Waals surface area contributed by atoms with Gasteiger partial charge in [-0.3, -0.25) is 0 Å². The van der Waals surface area contributed by atoms with E-state index >= 15 is 0 Å². The highest BCUT2D eigenvalue weighted by atomic mass is 35.5. The van der Waals surface area contributed by atoms with Gasteiger partial charge in [0.25, 0.3) is 5.22 Å². The third-order valence-corrected chi connectivity index (χ3v) is 5.30. The molecule has 2 heterocycles. The van der Waals surface area contributed by atoms with E-state index in [1.807, 2.05) is 18.2 Å². The van der Waals surface area contributed by atoms with Crippen LogP contribution >= 0.6 is 35.0 Å². The Morgan fingerprint density at radius 1 is 1.24 bits per heavy atom. The lowest BCUT2D eigenvalue weighted by atomic mass is 10.2. The number of hydrogen-bond donors (Lipinski definition) is 0. The first-order chi connectivity index (χ1) is 10.1. The number of ether oxygens (including phenoxy) is 2. The normalized spacial score (nSPS) is 21.5. The van der Waals surface area contributed by atoms with Gasteiger partial charge in [0.2, 0.25) is 12.7 Å². The molecule has 1 aromatic carbocycles. The maximum atomic E-state index is 5.99. The highest BCUT2D eigenvalue weighted by molar-refractivity contribution is 7.99. The molecule has 4 rings (SSSR count). The van der Waals surface area contributed by atoms with E-state index in [0.29, 0.717) is 16.9 Å². The summed E-state index contributed by atoms with van der Waals surface area (Å²) in [5, 5.41) is 8.58. The van der Waals surface area contributed by atoms with Crippen molar-refractivity contribution >= 4 is 35.0 Å². The molecular formula is C13H10Cl2N2O3S. The highest BCUT2D eigenvalue weighted by Crippen LogP contribution is 2.54. The van der Waals surface area contributed by atoms with Crippen LogP contribution in [0, 0.1) is 5.92 Å². The Balaban J connectivity index is 1.47. The van der Waals surface area contributed by atoms with E-state index in [0.717, 1.165) is 23.5 Å². The van der Waals surface area contributed by atoms with Crippen molar-refractivity contribution in [1.82, 2.24) is 10.2 Å². The molecule has 1 aliphatic carbocycles. The van der Waals surface area contributed by atoms with Crippen LogP contribution in [0.5, 0.6) is 11.5 Å². The average molecular weight is 345 g/mol. The van der Waals surface area contributed by atoms with Gasteiger partial charge in [0, 0.05) is 17.2 Å². The minimum absolute atomic E-state index is 0.240. The molecule has 21 heavy (non-hydrogen) atoms. The van der Waals surface area contributed by atoms with Gasteiger partial charge >= 0.3 is 0 Å². The van der Waals surface area contributed by atoms with Gasteiger partial charge in [-0.2, -0.15) is 0 Å². The quantitative estimate of drug-likeness (QED) is 0.621. The summed E-state index contributed by atoms with van der Waals surface area (Å²) in [6, 6.07) is 5.51. The topological polar surface area (TPSA) is 57.4 Å². The molecule has 0 amide bonds. The summed E-state index contributed by atoms with van der Waals surface area (Å²) < 4.78 is 15.7. The van der Waals surface area contributed by atoms with Crippen LogP contribution in [0.2, 0.25) is 0 Å². The molecule has 2 aromatic rings. The van der Waals surface area contributed by atoms with E-state index in [1.54, 1.807) is 0 Å². The van der Waals surface area contributed by atoms with Gasteiger partial charge in [-0.05, 0) is 24.6 Å². The van der Waals surface area contributed by atoms with Crippen LogP contribution in [0.15, 0.2) is 27.8 Å². The number of halogens is 2. The van der Waals surface area contributed by atoms with Crippen LogP contribution in [0.25, 0.3) is 11.5 Å². The molecule has 1 saturated carbocycles. The van der Waals surface area contributed by atoms with Crippen molar-refractivity contribution < 1.29 is 13.9 Å². The fraction of sp³-hybridized carbons (Fsp3) is 0.385. The van der Waals surface area contributed by atoms with Gasteiger partial charge in [-0.25, -0.2) is 0 Å². The van der Waals surface area contributed by atoms with Gasteiger partial charge in [0.05, 0.1) is 0 Å². The van der Waals surface area contributed by atoms with Crippen LogP contribution in [0.1, 0.15) is 6.42 Å². The second-order valence-electron chi connectivity index (χ2n) is 4.91. The first-order valence-electron chi connectivity index (χ1n) is 6.36. The summed E-state index contributed by atoms with van der Waals surface area (Å²) in [6.45, 7) is 0.240. The molecule has 0 radical (unpaired) electrons. The van der Waals surface area contributed by atoms with E-state index in [2.05, 4.69) is 10.2 Å². The smallest absolute Gasteiger partial charge is 0.276 e. The zero-order valence-corrected chi connectivity index (χ0v) is 13.0. The van der Waals surface area contributed by atoms with E-state index < -0.39 is 4.33 Å². The third-order valence-electron chi connectivity index (χ3n) is 3.39.